The number of fused-ring (bicyclic) bond motifs is 3. The third kappa shape index (κ3) is 1.42. The highest BCUT2D eigenvalue weighted by Gasteiger charge is 2.24. The van der Waals surface area contributed by atoms with Crippen molar-refractivity contribution in [1.82, 2.24) is 0 Å². The van der Waals surface area contributed by atoms with Crippen LogP contribution in [-0.4, -0.2) is 17.3 Å². The Labute approximate surface area is 94.7 Å². The standard InChI is InChI=1S/C14H15NO/c15-13-7-10-6-5-9-3-1-2-4-11(9)12(10)8-14(13)16/h1-6,13-14,16H,7-8,15H2/t13-,14-/m1/s1. The van der Waals surface area contributed by atoms with Gasteiger partial charge in [-0.2, -0.15) is 0 Å². The second kappa shape index (κ2) is 3.58. The summed E-state index contributed by atoms with van der Waals surface area (Å²) in [6.07, 6.45) is 1.05. The Balaban J connectivity index is 2.23. The van der Waals surface area contributed by atoms with Gasteiger partial charge in [0.15, 0.2) is 0 Å². The summed E-state index contributed by atoms with van der Waals surface area (Å²) < 4.78 is 0. The Kier molecular flexibility index (Phi) is 2.20. The maximum Gasteiger partial charge on any atom is 0.0734 e. The van der Waals surface area contributed by atoms with Crippen molar-refractivity contribution in [2.24, 2.45) is 5.73 Å². The highest BCUT2D eigenvalue weighted by molar-refractivity contribution is 5.87. The van der Waals surface area contributed by atoms with Crippen LogP contribution in [0.4, 0.5) is 0 Å². The molecule has 2 nitrogen and oxygen atoms in total. The van der Waals surface area contributed by atoms with Gasteiger partial charge < -0.3 is 10.8 Å². The topological polar surface area (TPSA) is 46.2 Å². The number of nitrogens with two attached hydrogens (primary N) is 1. The monoisotopic (exact) mass is 213 g/mol. The molecule has 0 radical (unpaired) electrons. The van der Waals surface area contributed by atoms with Crippen LogP contribution < -0.4 is 5.73 Å². The van der Waals surface area contributed by atoms with Crippen LogP contribution in [0.2, 0.25) is 0 Å². The van der Waals surface area contributed by atoms with Crippen LogP contribution in [0.3, 0.4) is 0 Å². The van der Waals surface area contributed by atoms with Crippen LogP contribution in [0.15, 0.2) is 36.4 Å². The van der Waals surface area contributed by atoms with Crippen molar-refractivity contribution in [2.45, 2.75) is 25.0 Å². The number of hydrogen-bond acceptors (Lipinski definition) is 2. The first-order chi connectivity index (χ1) is 7.75. The maximum atomic E-state index is 9.86. The second-order valence-corrected chi connectivity index (χ2v) is 4.56. The fourth-order valence-electron chi connectivity index (χ4n) is 2.56. The minimum atomic E-state index is -0.404. The van der Waals surface area contributed by atoms with Gasteiger partial charge >= 0.3 is 0 Å². The van der Waals surface area contributed by atoms with Crippen LogP contribution >= 0.6 is 0 Å². The molecular weight excluding hydrogens is 198 g/mol. The molecule has 16 heavy (non-hydrogen) atoms. The molecule has 2 atom stereocenters. The van der Waals surface area contributed by atoms with Gasteiger partial charge in [-0.15, -0.1) is 0 Å². The predicted octanol–water partition coefficient (Wildman–Crippen LogP) is 1.63. The molecule has 0 unspecified atom stereocenters. The lowest BCUT2D eigenvalue weighted by Gasteiger charge is -2.27. The van der Waals surface area contributed by atoms with Gasteiger partial charge in [-0.1, -0.05) is 36.4 Å². The molecule has 3 rings (SSSR count). The number of aliphatic hydroxyl groups is 1. The van der Waals surface area contributed by atoms with Crippen LogP contribution in [0, 0.1) is 0 Å². The molecule has 0 heterocycles. The summed E-state index contributed by atoms with van der Waals surface area (Å²) in [4.78, 5) is 0. The molecule has 1 aliphatic rings. The van der Waals surface area contributed by atoms with E-state index in [4.69, 9.17) is 5.73 Å². The highest BCUT2D eigenvalue weighted by atomic mass is 16.3. The summed E-state index contributed by atoms with van der Waals surface area (Å²) in [6.45, 7) is 0. The summed E-state index contributed by atoms with van der Waals surface area (Å²) in [5.74, 6) is 0. The van der Waals surface area contributed by atoms with Crippen LogP contribution in [-0.2, 0) is 12.8 Å². The lowest BCUT2D eigenvalue weighted by Crippen LogP contribution is -2.41. The van der Waals surface area contributed by atoms with Crippen molar-refractivity contribution in [2.75, 3.05) is 0 Å². The van der Waals surface area contributed by atoms with E-state index in [1.807, 2.05) is 12.1 Å². The van der Waals surface area contributed by atoms with Gasteiger partial charge in [-0.25, -0.2) is 0 Å². The molecule has 3 N–H and O–H groups in total. The summed E-state index contributed by atoms with van der Waals surface area (Å²) in [6, 6.07) is 12.5. The van der Waals surface area contributed by atoms with Gasteiger partial charge in [0.2, 0.25) is 0 Å². The summed E-state index contributed by atoms with van der Waals surface area (Å²) in [5, 5.41) is 12.4. The highest BCUT2D eigenvalue weighted by Crippen LogP contribution is 2.28. The van der Waals surface area contributed by atoms with E-state index >= 15 is 0 Å². The van der Waals surface area contributed by atoms with Crippen LogP contribution in [0.25, 0.3) is 10.8 Å². The predicted molar refractivity (Wildman–Crippen MR) is 65.3 cm³/mol. The summed E-state index contributed by atoms with van der Waals surface area (Å²) in [7, 11) is 0. The molecule has 0 fully saturated rings. The number of rotatable bonds is 0. The normalized spacial score (nSPS) is 24.4. The average Bonchev–Trinajstić information content (AvgIpc) is 2.31. The van der Waals surface area contributed by atoms with Crippen molar-refractivity contribution in [3.63, 3.8) is 0 Å². The zero-order chi connectivity index (χ0) is 11.1. The fraction of sp³-hybridized carbons (Fsp3) is 0.286. The van der Waals surface area contributed by atoms with Gasteiger partial charge in [-0.05, 0) is 28.3 Å². The number of aliphatic hydroxyl groups excluding tert-OH is 1. The van der Waals surface area contributed by atoms with Gasteiger partial charge in [0.05, 0.1) is 6.10 Å². The Morgan fingerprint density at radius 3 is 2.75 bits per heavy atom. The van der Waals surface area contributed by atoms with Crippen molar-refractivity contribution in [3.8, 4) is 0 Å². The van der Waals surface area contributed by atoms with Crippen molar-refractivity contribution >= 4 is 10.8 Å². The van der Waals surface area contributed by atoms with Crippen molar-refractivity contribution in [3.05, 3.63) is 47.5 Å². The first-order valence-corrected chi connectivity index (χ1v) is 5.69. The average molecular weight is 213 g/mol. The van der Waals surface area contributed by atoms with E-state index in [-0.39, 0.29) is 6.04 Å². The lowest BCUT2D eigenvalue weighted by molar-refractivity contribution is 0.138. The first kappa shape index (κ1) is 9.82. The molecule has 2 aromatic carbocycles. The number of benzene rings is 2. The molecule has 0 saturated carbocycles. The quantitative estimate of drug-likeness (QED) is 0.698. The molecule has 0 saturated heterocycles. The molecule has 0 aliphatic heterocycles. The molecule has 0 amide bonds. The van der Waals surface area contributed by atoms with Gasteiger partial charge in [-0.3, -0.25) is 0 Å². The van der Waals surface area contributed by atoms with E-state index in [9.17, 15) is 5.11 Å². The summed E-state index contributed by atoms with van der Waals surface area (Å²) >= 11 is 0. The van der Waals surface area contributed by atoms with E-state index in [0.717, 1.165) is 6.42 Å². The second-order valence-electron chi connectivity index (χ2n) is 4.56. The number of hydrogen-bond donors (Lipinski definition) is 2. The van der Waals surface area contributed by atoms with E-state index < -0.39 is 6.10 Å². The fourth-order valence-corrected chi connectivity index (χ4v) is 2.56. The molecule has 1 aliphatic carbocycles. The Hall–Kier alpha value is -1.38. The minimum absolute atomic E-state index is 0.117. The van der Waals surface area contributed by atoms with Crippen LogP contribution in [0.1, 0.15) is 11.1 Å². The molecule has 82 valence electrons. The third-order valence-electron chi connectivity index (χ3n) is 3.50. The zero-order valence-electron chi connectivity index (χ0n) is 9.06. The SMILES string of the molecule is N[C@@H]1Cc2ccc3ccccc3c2C[C@H]1O. The Morgan fingerprint density at radius 2 is 1.88 bits per heavy atom. The molecule has 2 aromatic rings. The zero-order valence-corrected chi connectivity index (χ0v) is 9.06. The van der Waals surface area contributed by atoms with Gasteiger partial charge in [0.25, 0.3) is 0 Å². The van der Waals surface area contributed by atoms with E-state index in [2.05, 4.69) is 24.3 Å². The van der Waals surface area contributed by atoms with Gasteiger partial charge in [0, 0.05) is 12.5 Å². The molecule has 0 aromatic heterocycles. The maximum absolute atomic E-state index is 9.86. The lowest BCUT2D eigenvalue weighted by atomic mass is 9.84. The molecule has 2 heteroatoms. The Morgan fingerprint density at radius 1 is 1.06 bits per heavy atom. The van der Waals surface area contributed by atoms with Gasteiger partial charge in [0.1, 0.15) is 0 Å². The van der Waals surface area contributed by atoms with Crippen LogP contribution in [0.5, 0.6) is 0 Å². The van der Waals surface area contributed by atoms with E-state index in [0.29, 0.717) is 6.42 Å². The molecule has 0 spiro atoms. The van der Waals surface area contributed by atoms with Crippen molar-refractivity contribution in [1.29, 1.82) is 0 Å². The molecular formula is C14H15NO. The minimum Gasteiger partial charge on any atom is -0.391 e. The van der Waals surface area contributed by atoms with E-state index in [1.165, 1.54) is 21.9 Å². The summed E-state index contributed by atoms with van der Waals surface area (Å²) in [5.41, 5.74) is 8.45. The smallest absolute Gasteiger partial charge is 0.0734 e. The third-order valence-corrected chi connectivity index (χ3v) is 3.50. The van der Waals surface area contributed by atoms with Crippen molar-refractivity contribution < 1.29 is 5.11 Å². The first-order valence-electron chi connectivity index (χ1n) is 5.69. The largest absolute Gasteiger partial charge is 0.391 e. The Bertz CT molecular complexity index is 535. The van der Waals surface area contributed by atoms with E-state index in [1.54, 1.807) is 0 Å². The molecule has 0 bridgehead atoms.